The molecule has 118 valence electrons. The standard InChI is InChI=1S/C16H28N4O/c1-13-8-14(18)10-20(9-13)11-15(21)19(2)16(12-17)6-4-3-5-7-16/h13-14H,3-11,18H2,1-2H3. The van der Waals surface area contributed by atoms with E-state index in [0.717, 1.165) is 45.2 Å². The number of nitrogens with zero attached hydrogens (tertiary/aromatic N) is 3. The SMILES string of the molecule is CC1CC(N)CN(CC(=O)N(C)C2(C#N)CCCCC2)C1. The lowest BCUT2D eigenvalue weighted by atomic mass is 9.81. The number of rotatable bonds is 3. The molecule has 5 heteroatoms. The average Bonchev–Trinajstić information content (AvgIpc) is 2.46. The molecule has 0 aromatic rings. The first-order valence-electron chi connectivity index (χ1n) is 8.13. The van der Waals surface area contributed by atoms with E-state index in [2.05, 4.69) is 17.9 Å². The molecule has 0 radical (unpaired) electrons. The molecule has 1 saturated carbocycles. The Kier molecular flexibility index (Phi) is 5.23. The van der Waals surface area contributed by atoms with Crippen LogP contribution < -0.4 is 5.73 Å². The predicted molar refractivity (Wildman–Crippen MR) is 82.4 cm³/mol. The summed E-state index contributed by atoms with van der Waals surface area (Å²) in [5, 5.41) is 9.57. The number of piperidine rings is 1. The van der Waals surface area contributed by atoms with Gasteiger partial charge in [0.05, 0.1) is 12.6 Å². The zero-order valence-electron chi connectivity index (χ0n) is 13.3. The van der Waals surface area contributed by atoms with Crippen molar-refractivity contribution >= 4 is 5.91 Å². The van der Waals surface area contributed by atoms with Gasteiger partial charge in [-0.2, -0.15) is 5.26 Å². The van der Waals surface area contributed by atoms with Crippen LogP contribution in [0.15, 0.2) is 0 Å². The Morgan fingerprint density at radius 1 is 1.38 bits per heavy atom. The Balaban J connectivity index is 1.97. The van der Waals surface area contributed by atoms with Crippen molar-refractivity contribution in [1.82, 2.24) is 9.80 Å². The van der Waals surface area contributed by atoms with Crippen molar-refractivity contribution in [2.45, 2.75) is 57.0 Å². The van der Waals surface area contributed by atoms with Gasteiger partial charge in [0.2, 0.25) is 5.91 Å². The lowest BCUT2D eigenvalue weighted by Crippen LogP contribution is -2.55. The molecule has 1 amide bonds. The number of likely N-dealkylation sites (N-methyl/N-ethyl adjacent to an activating group) is 1. The topological polar surface area (TPSA) is 73.4 Å². The van der Waals surface area contributed by atoms with Crippen molar-refractivity contribution in [1.29, 1.82) is 5.26 Å². The van der Waals surface area contributed by atoms with Crippen LogP contribution in [0.2, 0.25) is 0 Å². The number of carbonyl (C=O) groups excluding carboxylic acids is 1. The molecule has 1 heterocycles. The van der Waals surface area contributed by atoms with E-state index in [-0.39, 0.29) is 11.9 Å². The zero-order valence-corrected chi connectivity index (χ0v) is 13.3. The molecule has 21 heavy (non-hydrogen) atoms. The summed E-state index contributed by atoms with van der Waals surface area (Å²) in [6, 6.07) is 2.57. The van der Waals surface area contributed by atoms with Crippen LogP contribution in [-0.2, 0) is 4.79 Å². The molecule has 5 nitrogen and oxygen atoms in total. The van der Waals surface area contributed by atoms with Crippen molar-refractivity contribution in [2.75, 3.05) is 26.7 Å². The maximum Gasteiger partial charge on any atom is 0.237 e. The number of likely N-dealkylation sites (tertiary alicyclic amines) is 1. The van der Waals surface area contributed by atoms with Crippen molar-refractivity contribution in [2.24, 2.45) is 11.7 Å². The van der Waals surface area contributed by atoms with Crippen molar-refractivity contribution in [3.8, 4) is 6.07 Å². The van der Waals surface area contributed by atoms with Gasteiger partial charge in [-0.1, -0.05) is 26.2 Å². The minimum atomic E-state index is -0.584. The van der Waals surface area contributed by atoms with Gasteiger partial charge in [0, 0.05) is 26.2 Å². The number of hydrogen-bond donors (Lipinski definition) is 1. The Hall–Kier alpha value is -1.12. The normalized spacial score (nSPS) is 29.6. The second kappa shape index (κ2) is 6.76. The molecule has 2 atom stereocenters. The summed E-state index contributed by atoms with van der Waals surface area (Å²) in [5.41, 5.74) is 5.46. The molecule has 2 N–H and O–H groups in total. The van der Waals surface area contributed by atoms with E-state index in [1.165, 1.54) is 6.42 Å². The second-order valence-electron chi connectivity index (χ2n) is 6.95. The second-order valence-corrected chi connectivity index (χ2v) is 6.95. The van der Waals surface area contributed by atoms with Gasteiger partial charge in [-0.05, 0) is 25.2 Å². The molecule has 0 bridgehead atoms. The van der Waals surface area contributed by atoms with Gasteiger partial charge in [0.1, 0.15) is 5.54 Å². The van der Waals surface area contributed by atoms with Crippen LogP contribution in [0.4, 0.5) is 0 Å². The van der Waals surface area contributed by atoms with Crippen molar-refractivity contribution in [3.05, 3.63) is 0 Å². The van der Waals surface area contributed by atoms with E-state index in [1.807, 2.05) is 0 Å². The molecule has 0 aromatic heterocycles. The third-order valence-electron chi connectivity index (χ3n) is 5.03. The highest BCUT2D eigenvalue weighted by Crippen LogP contribution is 2.32. The molecule has 0 spiro atoms. The average molecular weight is 292 g/mol. The number of amides is 1. The molecule has 0 aromatic carbocycles. The van der Waals surface area contributed by atoms with E-state index in [1.54, 1.807) is 11.9 Å². The van der Waals surface area contributed by atoms with Gasteiger partial charge in [0.15, 0.2) is 0 Å². The third kappa shape index (κ3) is 3.75. The fourth-order valence-corrected chi connectivity index (χ4v) is 3.84. The molecular weight excluding hydrogens is 264 g/mol. The van der Waals surface area contributed by atoms with Gasteiger partial charge in [-0.3, -0.25) is 9.69 Å². The number of nitriles is 1. The molecule has 1 saturated heterocycles. The van der Waals surface area contributed by atoms with E-state index in [9.17, 15) is 10.1 Å². The summed E-state index contributed by atoms with van der Waals surface area (Å²) in [5.74, 6) is 0.589. The maximum atomic E-state index is 12.6. The van der Waals surface area contributed by atoms with Gasteiger partial charge in [0.25, 0.3) is 0 Å². The highest BCUT2D eigenvalue weighted by atomic mass is 16.2. The van der Waals surface area contributed by atoms with Crippen molar-refractivity contribution < 1.29 is 4.79 Å². The van der Waals surface area contributed by atoms with Gasteiger partial charge in [-0.25, -0.2) is 0 Å². The molecule has 2 aliphatic rings. The summed E-state index contributed by atoms with van der Waals surface area (Å²) in [4.78, 5) is 16.4. The molecule has 2 fully saturated rings. The molecule has 2 unspecified atom stereocenters. The monoisotopic (exact) mass is 292 g/mol. The minimum absolute atomic E-state index is 0.0553. The summed E-state index contributed by atoms with van der Waals surface area (Å²) in [6.45, 7) is 4.27. The van der Waals surface area contributed by atoms with Gasteiger partial charge in [-0.15, -0.1) is 0 Å². The van der Waals surface area contributed by atoms with Crippen LogP contribution in [0, 0.1) is 17.2 Å². The van der Waals surface area contributed by atoms with Crippen LogP contribution in [0.5, 0.6) is 0 Å². The third-order valence-corrected chi connectivity index (χ3v) is 5.03. The van der Waals surface area contributed by atoms with E-state index in [4.69, 9.17) is 5.73 Å². The Morgan fingerprint density at radius 2 is 2.05 bits per heavy atom. The van der Waals surface area contributed by atoms with Crippen molar-refractivity contribution in [3.63, 3.8) is 0 Å². The summed E-state index contributed by atoms with van der Waals surface area (Å²) < 4.78 is 0. The fourth-order valence-electron chi connectivity index (χ4n) is 3.84. The summed E-state index contributed by atoms with van der Waals surface area (Å²) >= 11 is 0. The number of hydrogen-bond acceptors (Lipinski definition) is 4. The van der Waals surface area contributed by atoms with E-state index >= 15 is 0 Å². The smallest absolute Gasteiger partial charge is 0.237 e. The zero-order chi connectivity index (χ0) is 15.5. The Labute approximate surface area is 128 Å². The van der Waals surface area contributed by atoms with E-state index < -0.39 is 5.54 Å². The molecule has 2 rings (SSSR count). The minimum Gasteiger partial charge on any atom is -0.327 e. The van der Waals surface area contributed by atoms with Crippen LogP contribution in [0.3, 0.4) is 0 Å². The van der Waals surface area contributed by atoms with Crippen LogP contribution in [-0.4, -0.2) is 54.0 Å². The number of carbonyl (C=O) groups is 1. The fraction of sp³-hybridized carbons (Fsp3) is 0.875. The first-order chi connectivity index (χ1) is 9.97. The first kappa shape index (κ1) is 16.3. The molecule has 1 aliphatic carbocycles. The summed E-state index contributed by atoms with van der Waals surface area (Å²) in [7, 11) is 1.80. The van der Waals surface area contributed by atoms with Crippen LogP contribution in [0.1, 0.15) is 45.4 Å². The lowest BCUT2D eigenvalue weighted by Gasteiger charge is -2.41. The highest BCUT2D eigenvalue weighted by Gasteiger charge is 2.39. The quantitative estimate of drug-likeness (QED) is 0.852. The van der Waals surface area contributed by atoms with E-state index in [0.29, 0.717) is 12.5 Å². The van der Waals surface area contributed by atoms with Gasteiger partial charge < -0.3 is 10.6 Å². The predicted octanol–water partition coefficient (Wildman–Crippen LogP) is 1.34. The maximum absolute atomic E-state index is 12.6. The lowest BCUT2D eigenvalue weighted by molar-refractivity contribution is -0.136. The summed E-state index contributed by atoms with van der Waals surface area (Å²) in [6.07, 6.45) is 5.89. The van der Waals surface area contributed by atoms with Crippen LogP contribution in [0.25, 0.3) is 0 Å². The highest BCUT2D eigenvalue weighted by molar-refractivity contribution is 5.79. The first-order valence-corrected chi connectivity index (χ1v) is 8.13. The molecular formula is C16H28N4O. The molecule has 1 aliphatic heterocycles. The van der Waals surface area contributed by atoms with Crippen LogP contribution >= 0.6 is 0 Å². The Morgan fingerprint density at radius 3 is 2.62 bits per heavy atom. The number of nitrogens with two attached hydrogens (primary N) is 1. The Bertz CT molecular complexity index is 401. The largest absolute Gasteiger partial charge is 0.327 e. The van der Waals surface area contributed by atoms with Gasteiger partial charge >= 0.3 is 0 Å².